The lowest BCUT2D eigenvalue weighted by molar-refractivity contribution is 0.336. The van der Waals surface area contributed by atoms with Crippen molar-refractivity contribution in [3.05, 3.63) is 59.5 Å². The van der Waals surface area contributed by atoms with Gasteiger partial charge in [0.2, 0.25) is 0 Å². The van der Waals surface area contributed by atoms with Crippen LogP contribution < -0.4 is 19.5 Å². The number of nitrogens with one attached hydrogen (secondary N) is 1. The van der Waals surface area contributed by atoms with Crippen LogP contribution in [-0.4, -0.2) is 35.6 Å². The summed E-state index contributed by atoms with van der Waals surface area (Å²) in [6.07, 6.45) is 0. The van der Waals surface area contributed by atoms with E-state index in [0.29, 0.717) is 12.4 Å². The van der Waals surface area contributed by atoms with Crippen LogP contribution in [0.3, 0.4) is 0 Å². The van der Waals surface area contributed by atoms with Crippen molar-refractivity contribution in [3.63, 3.8) is 0 Å². The summed E-state index contributed by atoms with van der Waals surface area (Å²) < 4.78 is 18.8. The van der Waals surface area contributed by atoms with E-state index in [1.807, 2.05) is 56.3 Å². The highest BCUT2D eigenvalue weighted by molar-refractivity contribution is 5.99. The van der Waals surface area contributed by atoms with Crippen LogP contribution in [0.1, 0.15) is 24.0 Å². The van der Waals surface area contributed by atoms with E-state index in [9.17, 15) is 0 Å². The fourth-order valence-corrected chi connectivity index (χ4v) is 4.15. The number of aromatic nitrogens is 3. The van der Waals surface area contributed by atoms with Crippen LogP contribution in [0.5, 0.6) is 17.2 Å². The van der Waals surface area contributed by atoms with E-state index in [1.54, 1.807) is 14.2 Å². The lowest BCUT2D eigenvalue weighted by atomic mass is 10.1. The number of hydrogen-bond donors (Lipinski definition) is 1. The molecule has 32 heavy (non-hydrogen) atoms. The molecule has 0 bridgehead atoms. The number of benzene rings is 2. The molecule has 0 saturated carbocycles. The Labute approximate surface area is 187 Å². The topological polar surface area (TPSA) is 70.4 Å². The average Bonchev–Trinajstić information content (AvgIpc) is 3.07. The molecule has 0 aliphatic heterocycles. The van der Waals surface area contributed by atoms with Gasteiger partial charge in [-0.15, -0.1) is 5.10 Å². The minimum Gasteiger partial charge on any atom is -0.497 e. The van der Waals surface area contributed by atoms with E-state index in [-0.39, 0.29) is 0 Å². The van der Waals surface area contributed by atoms with Crippen molar-refractivity contribution in [2.45, 2.75) is 27.7 Å². The molecule has 7 heteroatoms. The zero-order valence-corrected chi connectivity index (χ0v) is 19.3. The third-order valence-electron chi connectivity index (χ3n) is 5.60. The lowest BCUT2D eigenvalue weighted by Crippen LogP contribution is -2.03. The first-order valence-electron chi connectivity index (χ1n) is 10.6. The van der Waals surface area contributed by atoms with Crippen LogP contribution in [0.4, 0.5) is 11.5 Å². The van der Waals surface area contributed by atoms with Crippen molar-refractivity contribution in [2.75, 3.05) is 26.1 Å². The third kappa shape index (κ3) is 3.70. The van der Waals surface area contributed by atoms with Gasteiger partial charge in [0.1, 0.15) is 17.2 Å². The molecule has 2 aromatic heterocycles. The van der Waals surface area contributed by atoms with Gasteiger partial charge >= 0.3 is 0 Å². The first-order chi connectivity index (χ1) is 15.5. The molecule has 0 amide bonds. The number of ether oxygens (including phenoxy) is 3. The molecule has 0 saturated heterocycles. The largest absolute Gasteiger partial charge is 0.497 e. The smallest absolute Gasteiger partial charge is 0.162 e. The van der Waals surface area contributed by atoms with Gasteiger partial charge in [-0.05, 0) is 64.1 Å². The summed E-state index contributed by atoms with van der Waals surface area (Å²) in [6, 6.07) is 13.6. The number of nitrogens with zero attached hydrogens (tertiary/aromatic N) is 3. The lowest BCUT2D eigenvalue weighted by Gasteiger charge is -2.15. The maximum Gasteiger partial charge on any atom is 0.162 e. The van der Waals surface area contributed by atoms with Crippen molar-refractivity contribution < 1.29 is 14.2 Å². The standard InChI is InChI=1S/C25H28N4O3/c1-7-32-20-12-13-21(22(14-20)31-6)29-16(3)23-15(2)27-28-25(24(23)17(29)4)26-18-8-10-19(30-5)11-9-18/h8-14H,7H2,1-6H3,(H,26,28). The van der Waals surface area contributed by atoms with Crippen molar-refractivity contribution in [1.82, 2.24) is 14.8 Å². The highest BCUT2D eigenvalue weighted by atomic mass is 16.5. The fourth-order valence-electron chi connectivity index (χ4n) is 4.15. The van der Waals surface area contributed by atoms with E-state index < -0.39 is 0 Å². The summed E-state index contributed by atoms with van der Waals surface area (Å²) in [5.74, 6) is 3.03. The zero-order chi connectivity index (χ0) is 22.8. The Morgan fingerprint density at radius 3 is 2.19 bits per heavy atom. The molecule has 0 spiro atoms. The van der Waals surface area contributed by atoms with Crippen LogP contribution in [0.25, 0.3) is 16.5 Å². The van der Waals surface area contributed by atoms with Gasteiger partial charge in [0.15, 0.2) is 5.82 Å². The van der Waals surface area contributed by atoms with Crippen LogP contribution in [0, 0.1) is 20.8 Å². The van der Waals surface area contributed by atoms with Crippen LogP contribution in [0.15, 0.2) is 42.5 Å². The summed E-state index contributed by atoms with van der Waals surface area (Å²) in [5.41, 5.74) is 4.86. The first kappa shape index (κ1) is 21.5. The molecular formula is C25H28N4O3. The second-order valence-electron chi connectivity index (χ2n) is 7.51. The number of hydrogen-bond acceptors (Lipinski definition) is 6. The van der Waals surface area contributed by atoms with Crippen molar-refractivity contribution >= 4 is 22.3 Å². The second-order valence-corrected chi connectivity index (χ2v) is 7.51. The quantitative estimate of drug-likeness (QED) is 0.415. The van der Waals surface area contributed by atoms with E-state index in [4.69, 9.17) is 14.2 Å². The summed E-state index contributed by atoms with van der Waals surface area (Å²) in [6.45, 7) is 8.74. The number of methoxy groups -OCH3 is 2. The molecule has 2 heterocycles. The van der Waals surface area contributed by atoms with Crippen molar-refractivity contribution in [2.24, 2.45) is 0 Å². The SMILES string of the molecule is CCOc1ccc(-n2c(C)c3c(C)nnc(Nc4ccc(OC)cc4)c3c2C)c(OC)c1. The van der Waals surface area contributed by atoms with Gasteiger partial charge in [-0.1, -0.05) is 0 Å². The number of aryl methyl sites for hydroxylation is 3. The van der Waals surface area contributed by atoms with Crippen LogP contribution in [0.2, 0.25) is 0 Å². The van der Waals surface area contributed by atoms with Gasteiger partial charge in [-0.25, -0.2) is 0 Å². The Kier molecular flexibility index (Phi) is 5.90. The summed E-state index contributed by atoms with van der Waals surface area (Å²) in [7, 11) is 3.33. The molecule has 2 aromatic carbocycles. The maximum atomic E-state index is 5.71. The second kappa shape index (κ2) is 8.78. The number of anilines is 2. The van der Waals surface area contributed by atoms with Crippen molar-refractivity contribution in [3.8, 4) is 22.9 Å². The molecule has 4 rings (SSSR count). The first-order valence-corrected chi connectivity index (χ1v) is 10.6. The Morgan fingerprint density at radius 2 is 1.53 bits per heavy atom. The predicted molar refractivity (Wildman–Crippen MR) is 127 cm³/mol. The molecule has 4 aromatic rings. The van der Waals surface area contributed by atoms with Gasteiger partial charge in [0, 0.05) is 33.9 Å². The Bertz CT molecular complexity index is 1260. The van der Waals surface area contributed by atoms with Crippen LogP contribution in [-0.2, 0) is 0 Å². The number of rotatable bonds is 7. The molecule has 1 N–H and O–H groups in total. The normalized spacial score (nSPS) is 10.9. The molecule has 7 nitrogen and oxygen atoms in total. The molecule has 166 valence electrons. The van der Waals surface area contributed by atoms with Crippen molar-refractivity contribution in [1.29, 1.82) is 0 Å². The number of fused-ring (bicyclic) bond motifs is 1. The Morgan fingerprint density at radius 1 is 0.844 bits per heavy atom. The molecule has 0 radical (unpaired) electrons. The highest BCUT2D eigenvalue weighted by Gasteiger charge is 2.21. The fraction of sp³-hybridized carbons (Fsp3) is 0.280. The maximum absolute atomic E-state index is 5.71. The van der Waals surface area contributed by atoms with E-state index in [0.717, 1.165) is 56.5 Å². The highest BCUT2D eigenvalue weighted by Crippen LogP contribution is 2.38. The van der Waals surface area contributed by atoms with E-state index >= 15 is 0 Å². The summed E-state index contributed by atoms with van der Waals surface area (Å²) in [5, 5.41) is 14.4. The molecule has 0 fully saturated rings. The zero-order valence-electron chi connectivity index (χ0n) is 19.3. The van der Waals surface area contributed by atoms with Crippen LogP contribution >= 0.6 is 0 Å². The van der Waals surface area contributed by atoms with Gasteiger partial charge < -0.3 is 24.1 Å². The molecule has 0 unspecified atom stereocenters. The molecule has 0 aliphatic rings. The minimum absolute atomic E-state index is 0.602. The van der Waals surface area contributed by atoms with Gasteiger partial charge in [-0.3, -0.25) is 0 Å². The average molecular weight is 433 g/mol. The summed E-state index contributed by atoms with van der Waals surface area (Å²) >= 11 is 0. The Balaban J connectivity index is 1.87. The summed E-state index contributed by atoms with van der Waals surface area (Å²) in [4.78, 5) is 0. The molecular weight excluding hydrogens is 404 g/mol. The van der Waals surface area contributed by atoms with Gasteiger partial charge in [-0.2, -0.15) is 5.10 Å². The third-order valence-corrected chi connectivity index (χ3v) is 5.60. The molecule has 0 aliphatic carbocycles. The van der Waals surface area contributed by atoms with E-state index in [2.05, 4.69) is 33.9 Å². The van der Waals surface area contributed by atoms with Gasteiger partial charge in [0.05, 0.1) is 32.2 Å². The predicted octanol–water partition coefficient (Wildman–Crippen LogP) is 5.51. The van der Waals surface area contributed by atoms with E-state index in [1.165, 1.54) is 0 Å². The van der Waals surface area contributed by atoms with Gasteiger partial charge in [0.25, 0.3) is 0 Å². The Hall–Kier alpha value is -3.74. The monoisotopic (exact) mass is 432 g/mol. The molecule has 0 atom stereocenters. The minimum atomic E-state index is 0.602.